The van der Waals surface area contributed by atoms with E-state index in [0.29, 0.717) is 22.1 Å². The highest BCUT2D eigenvalue weighted by Gasteiger charge is 2.13. The van der Waals surface area contributed by atoms with E-state index in [1.54, 1.807) is 42.5 Å². The molecule has 2 heterocycles. The van der Waals surface area contributed by atoms with E-state index < -0.39 is 0 Å². The Morgan fingerprint density at radius 1 is 1.03 bits per heavy atom. The van der Waals surface area contributed by atoms with E-state index in [9.17, 15) is 9.59 Å². The normalized spacial score (nSPS) is 10.9. The first-order valence-corrected chi connectivity index (χ1v) is 10.1. The molecule has 0 aliphatic carbocycles. The van der Waals surface area contributed by atoms with Gasteiger partial charge in [0.2, 0.25) is 0 Å². The number of anilines is 2. The second-order valence-corrected chi connectivity index (χ2v) is 7.81. The Labute approximate surface area is 176 Å². The number of carbonyl (C=O) groups excluding carboxylic acids is 2. The summed E-state index contributed by atoms with van der Waals surface area (Å²) in [6.07, 6.45) is 1.46. The summed E-state index contributed by atoms with van der Waals surface area (Å²) in [5.41, 5.74) is 1.86. The maximum atomic E-state index is 12.6. The van der Waals surface area contributed by atoms with E-state index in [1.165, 1.54) is 17.6 Å². The molecular formula is C22H19N3O4S. The van der Waals surface area contributed by atoms with Gasteiger partial charge in [-0.25, -0.2) is 4.98 Å². The van der Waals surface area contributed by atoms with Crippen molar-refractivity contribution in [3.05, 3.63) is 72.2 Å². The van der Waals surface area contributed by atoms with Crippen LogP contribution in [0, 0.1) is 0 Å². The molecule has 0 fully saturated rings. The fourth-order valence-electron chi connectivity index (χ4n) is 2.81. The highest BCUT2D eigenvalue weighted by Crippen LogP contribution is 2.29. The van der Waals surface area contributed by atoms with Gasteiger partial charge >= 0.3 is 0 Å². The van der Waals surface area contributed by atoms with Crippen molar-refractivity contribution >= 4 is 44.2 Å². The zero-order valence-electron chi connectivity index (χ0n) is 16.3. The third-order valence-electron chi connectivity index (χ3n) is 4.08. The fraction of sp³-hybridized carbons (Fsp3) is 0.136. The zero-order valence-corrected chi connectivity index (χ0v) is 17.2. The molecule has 0 radical (unpaired) electrons. The molecule has 0 spiro atoms. The molecule has 0 aliphatic rings. The minimum atomic E-state index is -0.365. The van der Waals surface area contributed by atoms with Crippen LogP contribution >= 0.6 is 11.3 Å². The number of hydrogen-bond acceptors (Lipinski definition) is 6. The molecule has 0 unspecified atom stereocenters. The van der Waals surface area contributed by atoms with Gasteiger partial charge in [0, 0.05) is 11.3 Å². The monoisotopic (exact) mass is 421 g/mol. The summed E-state index contributed by atoms with van der Waals surface area (Å²) in [5, 5.41) is 6.05. The minimum Gasteiger partial charge on any atom is -0.491 e. The van der Waals surface area contributed by atoms with Crippen molar-refractivity contribution in [1.29, 1.82) is 0 Å². The van der Waals surface area contributed by atoms with E-state index in [2.05, 4.69) is 15.6 Å². The molecule has 152 valence electrons. The number of furan rings is 1. The van der Waals surface area contributed by atoms with Crippen molar-refractivity contribution in [2.24, 2.45) is 0 Å². The van der Waals surface area contributed by atoms with Gasteiger partial charge in [-0.1, -0.05) is 17.4 Å². The summed E-state index contributed by atoms with van der Waals surface area (Å²) in [4.78, 5) is 29.1. The van der Waals surface area contributed by atoms with E-state index in [4.69, 9.17) is 9.15 Å². The average molecular weight is 421 g/mol. The third-order valence-corrected chi connectivity index (χ3v) is 5.01. The predicted molar refractivity (Wildman–Crippen MR) is 116 cm³/mol. The molecule has 8 heteroatoms. The number of nitrogens with zero attached hydrogens (tertiary/aromatic N) is 1. The standard InChI is InChI=1S/C22H19N3O4S/c1-13(2)29-16-6-3-5-14(11-16)20(26)23-15-8-9-17-19(12-15)30-22(24-17)25-21(27)18-7-4-10-28-18/h3-13H,1-2H3,(H,23,26)(H,24,25,27). The van der Waals surface area contributed by atoms with E-state index in [-0.39, 0.29) is 23.7 Å². The van der Waals surface area contributed by atoms with Gasteiger partial charge in [-0.2, -0.15) is 0 Å². The topological polar surface area (TPSA) is 93.5 Å². The Kier molecular flexibility index (Phi) is 5.49. The molecule has 2 aromatic carbocycles. The van der Waals surface area contributed by atoms with Crippen LogP contribution in [0.25, 0.3) is 10.2 Å². The lowest BCUT2D eigenvalue weighted by molar-refractivity contribution is 0.0994. The number of benzene rings is 2. The number of ether oxygens (including phenoxy) is 1. The predicted octanol–water partition coefficient (Wildman–Crippen LogP) is 5.18. The molecule has 2 N–H and O–H groups in total. The van der Waals surface area contributed by atoms with Gasteiger partial charge < -0.3 is 14.5 Å². The Morgan fingerprint density at radius 3 is 2.67 bits per heavy atom. The summed E-state index contributed by atoms with van der Waals surface area (Å²) in [7, 11) is 0. The number of amides is 2. The zero-order chi connectivity index (χ0) is 21.1. The van der Waals surface area contributed by atoms with Crippen molar-refractivity contribution in [3.8, 4) is 5.75 Å². The van der Waals surface area contributed by atoms with Crippen LogP contribution in [-0.4, -0.2) is 22.9 Å². The number of thiazole rings is 1. The van der Waals surface area contributed by atoms with Gasteiger partial charge in [-0.05, 0) is 62.4 Å². The third kappa shape index (κ3) is 4.49. The SMILES string of the molecule is CC(C)Oc1cccc(C(=O)Nc2ccc3nc(NC(=O)c4ccco4)sc3c2)c1. The number of rotatable bonds is 6. The lowest BCUT2D eigenvalue weighted by atomic mass is 10.2. The molecule has 0 atom stereocenters. The van der Waals surface area contributed by atoms with Gasteiger partial charge in [0.15, 0.2) is 10.9 Å². The van der Waals surface area contributed by atoms with Crippen LogP contribution in [0.2, 0.25) is 0 Å². The average Bonchev–Trinajstić information content (AvgIpc) is 3.37. The number of carbonyl (C=O) groups is 2. The first kappa shape index (κ1) is 19.7. The van der Waals surface area contributed by atoms with Gasteiger partial charge in [-0.15, -0.1) is 0 Å². The molecule has 30 heavy (non-hydrogen) atoms. The second kappa shape index (κ2) is 8.38. The summed E-state index contributed by atoms with van der Waals surface area (Å²) < 4.78 is 11.6. The van der Waals surface area contributed by atoms with Crippen LogP contribution in [0.5, 0.6) is 5.75 Å². The number of nitrogens with one attached hydrogen (secondary N) is 2. The summed E-state index contributed by atoms with van der Waals surface area (Å²) >= 11 is 1.31. The van der Waals surface area contributed by atoms with Crippen LogP contribution in [0.15, 0.2) is 65.3 Å². The Hall–Kier alpha value is -3.65. The van der Waals surface area contributed by atoms with Crippen molar-refractivity contribution in [2.75, 3.05) is 10.6 Å². The second-order valence-electron chi connectivity index (χ2n) is 6.78. The molecule has 7 nitrogen and oxygen atoms in total. The smallest absolute Gasteiger partial charge is 0.293 e. The van der Waals surface area contributed by atoms with Gasteiger partial charge in [0.1, 0.15) is 5.75 Å². The van der Waals surface area contributed by atoms with Crippen molar-refractivity contribution in [2.45, 2.75) is 20.0 Å². The molecule has 0 aliphatic heterocycles. The van der Waals surface area contributed by atoms with Crippen LogP contribution in [0.1, 0.15) is 34.8 Å². The van der Waals surface area contributed by atoms with Crippen LogP contribution in [0.4, 0.5) is 10.8 Å². The van der Waals surface area contributed by atoms with Crippen molar-refractivity contribution < 1.29 is 18.7 Å². The Balaban J connectivity index is 1.48. The molecule has 4 aromatic rings. The molecule has 2 aromatic heterocycles. The Morgan fingerprint density at radius 2 is 1.90 bits per heavy atom. The van der Waals surface area contributed by atoms with E-state index in [1.807, 2.05) is 26.0 Å². The maximum Gasteiger partial charge on any atom is 0.293 e. The fourth-order valence-corrected chi connectivity index (χ4v) is 3.71. The number of fused-ring (bicyclic) bond motifs is 1. The van der Waals surface area contributed by atoms with E-state index in [0.717, 1.165) is 10.2 Å². The summed E-state index contributed by atoms with van der Waals surface area (Å²) in [5.74, 6) is 0.258. The molecule has 4 rings (SSSR count). The first-order chi connectivity index (χ1) is 14.5. The maximum absolute atomic E-state index is 12.6. The lowest BCUT2D eigenvalue weighted by Crippen LogP contribution is -2.12. The largest absolute Gasteiger partial charge is 0.491 e. The highest BCUT2D eigenvalue weighted by atomic mass is 32.1. The summed E-state index contributed by atoms with van der Waals surface area (Å²) in [6, 6.07) is 15.7. The molecule has 0 bridgehead atoms. The molecule has 2 amide bonds. The van der Waals surface area contributed by atoms with Crippen molar-refractivity contribution in [1.82, 2.24) is 4.98 Å². The highest BCUT2D eigenvalue weighted by molar-refractivity contribution is 7.22. The lowest BCUT2D eigenvalue weighted by Gasteiger charge is -2.11. The molecular weight excluding hydrogens is 402 g/mol. The minimum absolute atomic E-state index is 0.0273. The molecule has 0 saturated heterocycles. The van der Waals surface area contributed by atoms with Crippen LogP contribution < -0.4 is 15.4 Å². The number of aromatic nitrogens is 1. The number of hydrogen-bond donors (Lipinski definition) is 2. The van der Waals surface area contributed by atoms with Crippen LogP contribution in [0.3, 0.4) is 0 Å². The van der Waals surface area contributed by atoms with Crippen LogP contribution in [-0.2, 0) is 0 Å². The molecule has 0 saturated carbocycles. The first-order valence-electron chi connectivity index (χ1n) is 9.31. The van der Waals surface area contributed by atoms with Gasteiger partial charge in [-0.3, -0.25) is 14.9 Å². The van der Waals surface area contributed by atoms with E-state index >= 15 is 0 Å². The van der Waals surface area contributed by atoms with Gasteiger partial charge in [0.05, 0.1) is 22.6 Å². The van der Waals surface area contributed by atoms with Crippen molar-refractivity contribution in [3.63, 3.8) is 0 Å². The van der Waals surface area contributed by atoms with Gasteiger partial charge in [0.25, 0.3) is 11.8 Å². The quantitative estimate of drug-likeness (QED) is 0.447. The summed E-state index contributed by atoms with van der Waals surface area (Å²) in [6.45, 7) is 3.87. The Bertz CT molecular complexity index is 1200.